The summed E-state index contributed by atoms with van der Waals surface area (Å²) in [6.45, 7) is -0.800. The molecule has 0 fully saturated rings. The Morgan fingerprint density at radius 1 is 1.18 bits per heavy atom. The molecule has 0 aromatic heterocycles. The first kappa shape index (κ1) is 9.13. The lowest BCUT2D eigenvalue weighted by atomic mass is 10.2. The first-order valence-corrected chi connectivity index (χ1v) is 4.43. The molecule has 0 saturated carbocycles. The fourth-order valence-corrected chi connectivity index (χ4v) is 1.48. The van der Waals surface area contributed by atoms with Crippen molar-refractivity contribution >= 4 is 31.9 Å². The number of alkyl halides is 1. The lowest BCUT2D eigenvalue weighted by Crippen LogP contribution is -1.89. The molecule has 0 saturated heterocycles. The van der Waals surface area contributed by atoms with Crippen LogP contribution in [0.25, 0.3) is 0 Å². The van der Waals surface area contributed by atoms with Crippen LogP contribution in [0.1, 0.15) is 5.56 Å². The molecule has 1 aromatic rings. The van der Waals surface area contributed by atoms with Gasteiger partial charge in [-0.05, 0) is 28.1 Å². The van der Waals surface area contributed by atoms with Gasteiger partial charge in [0.1, 0.15) is 12.5 Å². The minimum absolute atomic E-state index is 0.0550. The van der Waals surface area contributed by atoms with E-state index in [9.17, 15) is 8.78 Å². The Hall–Kier alpha value is 0.0400. The molecule has 0 radical (unpaired) electrons. The van der Waals surface area contributed by atoms with Crippen LogP contribution in [-0.2, 0) is 6.67 Å². The summed E-state index contributed by atoms with van der Waals surface area (Å²) in [5.41, 5.74) is 0.0550. The number of benzene rings is 1. The Kier molecular flexibility index (Phi) is 3.01. The van der Waals surface area contributed by atoms with Crippen LogP contribution in [0, 0.1) is 5.82 Å². The summed E-state index contributed by atoms with van der Waals surface area (Å²) in [6.07, 6.45) is 0. The Morgan fingerprint density at radius 3 is 2.18 bits per heavy atom. The van der Waals surface area contributed by atoms with Crippen LogP contribution in [0.5, 0.6) is 0 Å². The molecule has 0 nitrogen and oxygen atoms in total. The SMILES string of the molecule is FCc1c(Br)ccc(Br)c1F. The molecule has 0 aliphatic carbocycles. The van der Waals surface area contributed by atoms with Crippen LogP contribution in [0.3, 0.4) is 0 Å². The zero-order valence-electron chi connectivity index (χ0n) is 5.37. The molecule has 11 heavy (non-hydrogen) atoms. The van der Waals surface area contributed by atoms with Crippen molar-refractivity contribution in [3.63, 3.8) is 0 Å². The largest absolute Gasteiger partial charge is 0.246 e. The van der Waals surface area contributed by atoms with Crippen LogP contribution in [0.15, 0.2) is 21.1 Å². The summed E-state index contributed by atoms with van der Waals surface area (Å²) >= 11 is 6.00. The molecule has 0 bridgehead atoms. The molecular weight excluding hydrogens is 282 g/mol. The number of halogens is 4. The van der Waals surface area contributed by atoms with Crippen molar-refractivity contribution in [3.8, 4) is 0 Å². The molecule has 60 valence electrons. The van der Waals surface area contributed by atoms with E-state index in [0.29, 0.717) is 4.47 Å². The highest BCUT2D eigenvalue weighted by Gasteiger charge is 2.09. The average Bonchev–Trinajstić information content (AvgIpc) is 1.99. The Balaban J connectivity index is 3.29. The second-order valence-electron chi connectivity index (χ2n) is 1.96. The van der Waals surface area contributed by atoms with Gasteiger partial charge in [0.2, 0.25) is 0 Å². The zero-order valence-corrected chi connectivity index (χ0v) is 8.55. The van der Waals surface area contributed by atoms with E-state index in [0.717, 1.165) is 0 Å². The highest BCUT2D eigenvalue weighted by Crippen LogP contribution is 2.26. The summed E-state index contributed by atoms with van der Waals surface area (Å²) in [7, 11) is 0. The molecule has 0 N–H and O–H groups in total. The maximum atomic E-state index is 12.9. The zero-order chi connectivity index (χ0) is 8.43. The van der Waals surface area contributed by atoms with Crippen LogP contribution < -0.4 is 0 Å². The summed E-state index contributed by atoms with van der Waals surface area (Å²) in [4.78, 5) is 0. The standard InChI is InChI=1S/C7H4Br2F2/c8-5-1-2-6(9)7(11)4(5)3-10/h1-2H,3H2. The molecule has 0 amide bonds. The van der Waals surface area contributed by atoms with Crippen molar-refractivity contribution in [2.75, 3.05) is 0 Å². The summed E-state index contributed by atoms with van der Waals surface area (Å²) < 4.78 is 25.8. The molecule has 1 aromatic carbocycles. The first-order chi connectivity index (χ1) is 5.16. The fourth-order valence-electron chi connectivity index (χ4n) is 0.692. The van der Waals surface area contributed by atoms with Crippen molar-refractivity contribution in [2.45, 2.75) is 6.67 Å². The van der Waals surface area contributed by atoms with E-state index in [1.807, 2.05) is 0 Å². The predicted molar refractivity (Wildman–Crippen MR) is 46.6 cm³/mol. The lowest BCUT2D eigenvalue weighted by Gasteiger charge is -2.01. The molecule has 0 atom stereocenters. The average molecular weight is 286 g/mol. The van der Waals surface area contributed by atoms with Gasteiger partial charge in [0.15, 0.2) is 0 Å². The predicted octanol–water partition coefficient (Wildman–Crippen LogP) is 3.82. The van der Waals surface area contributed by atoms with Gasteiger partial charge in [-0.15, -0.1) is 0 Å². The lowest BCUT2D eigenvalue weighted by molar-refractivity contribution is 0.461. The fraction of sp³-hybridized carbons (Fsp3) is 0.143. The van der Waals surface area contributed by atoms with E-state index in [4.69, 9.17) is 0 Å². The molecule has 0 aliphatic heterocycles. The first-order valence-electron chi connectivity index (χ1n) is 2.85. The molecule has 0 spiro atoms. The molecule has 4 heteroatoms. The third kappa shape index (κ3) is 1.79. The minimum Gasteiger partial charge on any atom is -0.246 e. The van der Waals surface area contributed by atoms with Gasteiger partial charge in [-0.2, -0.15) is 0 Å². The highest BCUT2D eigenvalue weighted by molar-refractivity contribution is 9.11. The molecule has 1 rings (SSSR count). The van der Waals surface area contributed by atoms with E-state index in [1.165, 1.54) is 6.07 Å². The van der Waals surface area contributed by atoms with Crippen LogP contribution in [0.2, 0.25) is 0 Å². The van der Waals surface area contributed by atoms with Crippen LogP contribution in [-0.4, -0.2) is 0 Å². The number of hydrogen-bond donors (Lipinski definition) is 0. The van der Waals surface area contributed by atoms with E-state index >= 15 is 0 Å². The Bertz CT molecular complexity index is 273. The number of rotatable bonds is 1. The maximum Gasteiger partial charge on any atom is 0.144 e. The van der Waals surface area contributed by atoms with Crippen molar-refractivity contribution < 1.29 is 8.78 Å². The maximum absolute atomic E-state index is 12.9. The van der Waals surface area contributed by atoms with Gasteiger partial charge >= 0.3 is 0 Å². The third-order valence-electron chi connectivity index (χ3n) is 1.27. The summed E-state index contributed by atoms with van der Waals surface area (Å²) in [6, 6.07) is 3.13. The molecule has 0 unspecified atom stereocenters. The Morgan fingerprint density at radius 2 is 1.73 bits per heavy atom. The van der Waals surface area contributed by atoms with E-state index in [1.54, 1.807) is 6.07 Å². The Labute approximate surface area is 79.9 Å². The van der Waals surface area contributed by atoms with Crippen molar-refractivity contribution in [3.05, 3.63) is 32.5 Å². The van der Waals surface area contributed by atoms with Gasteiger partial charge < -0.3 is 0 Å². The monoisotopic (exact) mass is 284 g/mol. The molecular formula is C7H4Br2F2. The topological polar surface area (TPSA) is 0 Å². The smallest absolute Gasteiger partial charge is 0.144 e. The van der Waals surface area contributed by atoms with E-state index in [2.05, 4.69) is 31.9 Å². The van der Waals surface area contributed by atoms with Gasteiger partial charge in [-0.3, -0.25) is 0 Å². The van der Waals surface area contributed by atoms with E-state index in [-0.39, 0.29) is 10.0 Å². The summed E-state index contributed by atoms with van der Waals surface area (Å²) in [5, 5.41) is 0. The van der Waals surface area contributed by atoms with Gasteiger partial charge in [0.05, 0.1) is 4.47 Å². The van der Waals surface area contributed by atoms with Crippen molar-refractivity contribution in [1.29, 1.82) is 0 Å². The van der Waals surface area contributed by atoms with Gasteiger partial charge in [0, 0.05) is 10.0 Å². The normalized spacial score (nSPS) is 10.2. The second kappa shape index (κ2) is 3.63. The highest BCUT2D eigenvalue weighted by atomic mass is 79.9. The van der Waals surface area contributed by atoms with Crippen LogP contribution in [0.4, 0.5) is 8.78 Å². The van der Waals surface area contributed by atoms with Crippen molar-refractivity contribution in [2.24, 2.45) is 0 Å². The quantitative estimate of drug-likeness (QED) is 0.688. The van der Waals surface area contributed by atoms with Gasteiger partial charge in [-0.1, -0.05) is 15.9 Å². The van der Waals surface area contributed by atoms with Gasteiger partial charge in [0.25, 0.3) is 0 Å². The third-order valence-corrected chi connectivity index (χ3v) is 2.63. The van der Waals surface area contributed by atoms with Crippen molar-refractivity contribution in [1.82, 2.24) is 0 Å². The summed E-state index contributed by atoms with van der Waals surface area (Å²) in [5.74, 6) is -0.540. The minimum atomic E-state index is -0.800. The van der Waals surface area contributed by atoms with E-state index < -0.39 is 12.5 Å². The number of hydrogen-bond acceptors (Lipinski definition) is 0. The van der Waals surface area contributed by atoms with Gasteiger partial charge in [-0.25, -0.2) is 8.78 Å². The van der Waals surface area contributed by atoms with Crippen LogP contribution >= 0.6 is 31.9 Å². The molecule has 0 heterocycles. The molecule has 0 aliphatic rings. The second-order valence-corrected chi connectivity index (χ2v) is 3.66.